The maximum atomic E-state index is 10.6. The van der Waals surface area contributed by atoms with Crippen molar-refractivity contribution in [2.45, 2.75) is 129 Å². The van der Waals surface area contributed by atoms with Gasteiger partial charge in [-0.05, 0) is 36.8 Å². The number of hydrogen-bond acceptors (Lipinski definition) is 1. The largest absolute Gasteiger partial charge is 0.507 e. The van der Waals surface area contributed by atoms with Gasteiger partial charge in [0.25, 0.3) is 0 Å². The zero-order valence-electron chi connectivity index (χ0n) is 18.4. The average Bonchev–Trinajstić information content (AvgIpc) is 2.68. The Balaban J connectivity index is 2.15. The van der Waals surface area contributed by atoms with Crippen LogP contribution in [0.3, 0.4) is 0 Å². The Morgan fingerprint density at radius 1 is 0.519 bits per heavy atom. The smallest absolute Gasteiger partial charge is 0.121 e. The van der Waals surface area contributed by atoms with Gasteiger partial charge in [0.15, 0.2) is 0 Å². The second-order valence-electron chi connectivity index (χ2n) is 8.37. The van der Waals surface area contributed by atoms with Crippen LogP contribution in [0.2, 0.25) is 0 Å². The van der Waals surface area contributed by atoms with Crippen LogP contribution in [-0.2, 0) is 12.8 Å². The molecule has 0 spiro atoms. The molecule has 0 aliphatic rings. The number of aryl methyl sites for hydroxylation is 2. The molecule has 0 unspecified atom stereocenters. The highest BCUT2D eigenvalue weighted by Gasteiger charge is 2.07. The van der Waals surface area contributed by atoms with Crippen molar-refractivity contribution in [1.29, 1.82) is 0 Å². The Hall–Kier alpha value is -0.980. The van der Waals surface area contributed by atoms with E-state index < -0.39 is 0 Å². The van der Waals surface area contributed by atoms with Crippen LogP contribution in [0.15, 0.2) is 18.2 Å². The summed E-state index contributed by atoms with van der Waals surface area (Å²) in [5.41, 5.74) is 2.33. The molecule has 0 aliphatic heterocycles. The van der Waals surface area contributed by atoms with Crippen molar-refractivity contribution in [2.24, 2.45) is 0 Å². The highest BCUT2D eigenvalue weighted by atomic mass is 16.3. The summed E-state index contributed by atoms with van der Waals surface area (Å²) in [5, 5.41) is 10.6. The van der Waals surface area contributed by atoms with Gasteiger partial charge in [0.1, 0.15) is 5.75 Å². The van der Waals surface area contributed by atoms with E-state index in [4.69, 9.17) is 0 Å². The number of rotatable bonds is 18. The van der Waals surface area contributed by atoms with Crippen molar-refractivity contribution < 1.29 is 5.11 Å². The average molecular weight is 375 g/mol. The first-order valence-electron chi connectivity index (χ1n) is 12.1. The first kappa shape index (κ1) is 24.1. The summed E-state index contributed by atoms with van der Waals surface area (Å²) in [6.45, 7) is 4.55. The molecule has 1 rings (SSSR count). The Labute approximate surface area is 170 Å². The second-order valence-corrected chi connectivity index (χ2v) is 8.37. The molecule has 0 atom stereocenters. The summed E-state index contributed by atoms with van der Waals surface area (Å²) in [6, 6.07) is 6.38. The number of hydrogen-bond donors (Lipinski definition) is 1. The number of phenolic OH excluding ortho intramolecular Hbond substituents is 1. The Morgan fingerprint density at radius 3 is 1.22 bits per heavy atom. The van der Waals surface area contributed by atoms with E-state index in [0.717, 1.165) is 24.0 Å². The molecule has 0 saturated carbocycles. The van der Waals surface area contributed by atoms with Crippen LogP contribution in [0.25, 0.3) is 0 Å². The van der Waals surface area contributed by atoms with Gasteiger partial charge in [-0.25, -0.2) is 0 Å². The van der Waals surface area contributed by atoms with E-state index in [1.807, 2.05) is 0 Å². The molecule has 1 aromatic rings. The summed E-state index contributed by atoms with van der Waals surface area (Å²) in [5.74, 6) is 0.586. The SMILES string of the molecule is CCCCCCCCCCc1cccc(CCCCCCCCCC)c1O. The van der Waals surface area contributed by atoms with E-state index in [1.165, 1.54) is 103 Å². The molecule has 0 aliphatic carbocycles. The predicted octanol–water partition coefficient (Wildman–Crippen LogP) is 8.76. The molecule has 0 heterocycles. The van der Waals surface area contributed by atoms with Crippen LogP contribution in [-0.4, -0.2) is 5.11 Å². The van der Waals surface area contributed by atoms with Crippen molar-refractivity contribution in [1.82, 2.24) is 0 Å². The van der Waals surface area contributed by atoms with Crippen molar-refractivity contribution >= 4 is 0 Å². The molecular weight excluding hydrogens is 328 g/mol. The van der Waals surface area contributed by atoms with Gasteiger partial charge in [0, 0.05) is 0 Å². The number of para-hydroxylation sites is 1. The summed E-state index contributed by atoms with van der Waals surface area (Å²) >= 11 is 0. The minimum atomic E-state index is 0.586. The van der Waals surface area contributed by atoms with E-state index in [9.17, 15) is 5.11 Å². The number of phenols is 1. The highest BCUT2D eigenvalue weighted by Crippen LogP contribution is 2.26. The van der Waals surface area contributed by atoms with Gasteiger partial charge in [0.05, 0.1) is 0 Å². The van der Waals surface area contributed by atoms with Crippen LogP contribution < -0.4 is 0 Å². The Morgan fingerprint density at radius 2 is 0.852 bits per heavy atom. The molecule has 27 heavy (non-hydrogen) atoms. The number of benzene rings is 1. The molecule has 0 bridgehead atoms. The molecule has 0 amide bonds. The number of unbranched alkanes of at least 4 members (excludes halogenated alkanes) is 14. The van der Waals surface area contributed by atoms with Gasteiger partial charge < -0.3 is 5.11 Å². The van der Waals surface area contributed by atoms with Gasteiger partial charge in [-0.3, -0.25) is 0 Å². The van der Waals surface area contributed by atoms with Gasteiger partial charge in [0.2, 0.25) is 0 Å². The fourth-order valence-electron chi connectivity index (χ4n) is 3.95. The molecule has 0 saturated heterocycles. The fraction of sp³-hybridized carbons (Fsp3) is 0.769. The predicted molar refractivity (Wildman–Crippen MR) is 121 cm³/mol. The maximum Gasteiger partial charge on any atom is 0.121 e. The van der Waals surface area contributed by atoms with E-state index in [0.29, 0.717) is 5.75 Å². The third-order valence-corrected chi connectivity index (χ3v) is 5.80. The first-order valence-corrected chi connectivity index (χ1v) is 12.1. The molecule has 1 nitrogen and oxygen atoms in total. The summed E-state index contributed by atoms with van der Waals surface area (Å²) in [7, 11) is 0. The van der Waals surface area contributed by atoms with Crippen molar-refractivity contribution in [3.05, 3.63) is 29.3 Å². The quantitative estimate of drug-likeness (QED) is 0.255. The van der Waals surface area contributed by atoms with E-state index in [2.05, 4.69) is 32.0 Å². The molecule has 156 valence electrons. The lowest BCUT2D eigenvalue weighted by Crippen LogP contribution is -1.93. The molecule has 0 fully saturated rings. The van der Waals surface area contributed by atoms with Crippen molar-refractivity contribution in [3.63, 3.8) is 0 Å². The lowest BCUT2D eigenvalue weighted by atomic mass is 9.98. The molecule has 1 N–H and O–H groups in total. The first-order chi connectivity index (χ1) is 13.3. The summed E-state index contributed by atoms with van der Waals surface area (Å²) in [4.78, 5) is 0. The number of aromatic hydroxyl groups is 1. The van der Waals surface area contributed by atoms with E-state index >= 15 is 0 Å². The zero-order chi connectivity index (χ0) is 19.6. The van der Waals surface area contributed by atoms with Gasteiger partial charge in [-0.1, -0.05) is 122 Å². The third-order valence-electron chi connectivity index (χ3n) is 5.80. The minimum Gasteiger partial charge on any atom is -0.507 e. The van der Waals surface area contributed by atoms with Crippen LogP contribution in [0.5, 0.6) is 5.75 Å². The minimum absolute atomic E-state index is 0.586. The van der Waals surface area contributed by atoms with Crippen LogP contribution in [0.4, 0.5) is 0 Å². The lowest BCUT2D eigenvalue weighted by molar-refractivity contribution is 0.456. The standard InChI is InChI=1S/C26H46O/c1-3-5-7-9-11-13-15-17-20-24-22-19-23-25(26(24)27)21-18-16-14-12-10-8-6-4-2/h19,22-23,27H,3-18,20-21H2,1-2H3. The second kappa shape index (κ2) is 17.1. The van der Waals surface area contributed by atoms with Gasteiger partial charge >= 0.3 is 0 Å². The Bertz CT molecular complexity index is 413. The van der Waals surface area contributed by atoms with E-state index in [1.54, 1.807) is 0 Å². The van der Waals surface area contributed by atoms with Crippen LogP contribution >= 0.6 is 0 Å². The van der Waals surface area contributed by atoms with Crippen LogP contribution in [0, 0.1) is 0 Å². The van der Waals surface area contributed by atoms with Crippen molar-refractivity contribution in [3.8, 4) is 5.75 Å². The lowest BCUT2D eigenvalue weighted by Gasteiger charge is -2.10. The van der Waals surface area contributed by atoms with Gasteiger partial charge in [-0.2, -0.15) is 0 Å². The maximum absolute atomic E-state index is 10.6. The third kappa shape index (κ3) is 12.2. The fourth-order valence-corrected chi connectivity index (χ4v) is 3.95. The molecule has 1 heteroatoms. The molecular formula is C26H46O. The van der Waals surface area contributed by atoms with Gasteiger partial charge in [-0.15, -0.1) is 0 Å². The highest BCUT2D eigenvalue weighted by molar-refractivity contribution is 5.40. The van der Waals surface area contributed by atoms with E-state index in [-0.39, 0.29) is 0 Å². The molecule has 1 aromatic carbocycles. The normalized spacial score (nSPS) is 11.2. The molecule has 0 radical (unpaired) electrons. The van der Waals surface area contributed by atoms with Crippen molar-refractivity contribution in [2.75, 3.05) is 0 Å². The monoisotopic (exact) mass is 374 g/mol. The van der Waals surface area contributed by atoms with Crippen LogP contribution in [0.1, 0.15) is 128 Å². The molecule has 0 aromatic heterocycles. The topological polar surface area (TPSA) is 20.2 Å². The summed E-state index contributed by atoms with van der Waals surface area (Å²) in [6.07, 6.45) is 23.6. The zero-order valence-corrected chi connectivity index (χ0v) is 18.4. The summed E-state index contributed by atoms with van der Waals surface area (Å²) < 4.78 is 0. The Kier molecular flexibility index (Phi) is 15.3.